The number of benzene rings is 1. The minimum atomic E-state index is 0. The first kappa shape index (κ1) is 10.5. The van der Waals surface area contributed by atoms with Crippen LogP contribution in [0.1, 0.15) is 0 Å². The van der Waals surface area contributed by atoms with Gasteiger partial charge >= 0.3 is 51.4 Å². The second-order valence-corrected chi connectivity index (χ2v) is 1.77. The second-order valence-electron chi connectivity index (χ2n) is 1.77. The summed E-state index contributed by atoms with van der Waals surface area (Å²) in [6, 6.07) is 7.27. The van der Waals surface area contributed by atoms with Gasteiger partial charge in [-0.25, -0.2) is 0 Å². The molecule has 0 amide bonds. The van der Waals surface area contributed by atoms with Gasteiger partial charge in [0.1, 0.15) is 5.75 Å². The molecule has 0 aliphatic carbocycles. The van der Waals surface area contributed by atoms with Crippen LogP contribution in [0.15, 0.2) is 24.3 Å². The Morgan fingerprint density at radius 2 is 1.70 bits per heavy atom. The summed E-state index contributed by atoms with van der Waals surface area (Å²) in [5, 5.41) is 0. The molecule has 1 rings (SSSR count). The fraction of sp³-hybridized carbons (Fsp3) is 0.143. The third-order valence-electron chi connectivity index (χ3n) is 1.12. The van der Waals surface area contributed by atoms with Crippen molar-refractivity contribution in [2.45, 2.75) is 0 Å². The SMILES string of the molecule is COc1ccc(N)cc1.[KH]. The first-order valence-electron chi connectivity index (χ1n) is 2.72. The van der Waals surface area contributed by atoms with Crippen LogP contribution in [0.4, 0.5) is 5.69 Å². The molecule has 0 unspecified atom stereocenters. The molecule has 0 saturated carbocycles. The van der Waals surface area contributed by atoms with Crippen molar-refractivity contribution in [3.8, 4) is 5.75 Å². The molecule has 0 heterocycles. The molecule has 0 spiro atoms. The van der Waals surface area contributed by atoms with E-state index in [2.05, 4.69) is 0 Å². The van der Waals surface area contributed by atoms with E-state index in [1.165, 1.54) is 0 Å². The number of nitrogen functional groups attached to an aromatic ring is 1. The molecular weight excluding hydrogens is 153 g/mol. The first-order valence-corrected chi connectivity index (χ1v) is 2.72. The molecule has 50 valence electrons. The number of ether oxygens (including phenoxy) is 1. The van der Waals surface area contributed by atoms with Crippen molar-refractivity contribution in [1.29, 1.82) is 0 Å². The number of hydrogen-bond donors (Lipinski definition) is 1. The van der Waals surface area contributed by atoms with Crippen molar-refractivity contribution in [1.82, 2.24) is 0 Å². The van der Waals surface area contributed by atoms with Crippen molar-refractivity contribution in [2.24, 2.45) is 0 Å². The van der Waals surface area contributed by atoms with E-state index in [4.69, 9.17) is 10.5 Å². The number of methoxy groups -OCH3 is 1. The van der Waals surface area contributed by atoms with Crippen LogP contribution >= 0.6 is 0 Å². The Morgan fingerprint density at radius 1 is 1.20 bits per heavy atom. The van der Waals surface area contributed by atoms with Gasteiger partial charge in [-0.1, -0.05) is 0 Å². The summed E-state index contributed by atoms with van der Waals surface area (Å²) in [5.41, 5.74) is 6.19. The Bertz CT molecular complexity index is 185. The van der Waals surface area contributed by atoms with Gasteiger partial charge in [0.15, 0.2) is 0 Å². The van der Waals surface area contributed by atoms with Crippen LogP contribution in [0.25, 0.3) is 0 Å². The van der Waals surface area contributed by atoms with Crippen molar-refractivity contribution in [2.75, 3.05) is 12.8 Å². The fourth-order valence-electron chi connectivity index (χ4n) is 0.604. The monoisotopic (exact) mass is 163 g/mol. The maximum atomic E-state index is 5.43. The third-order valence-corrected chi connectivity index (χ3v) is 1.12. The van der Waals surface area contributed by atoms with E-state index in [1.54, 1.807) is 19.2 Å². The standard InChI is InChI=1S/C7H9NO.K.H/c1-9-7-4-2-6(8)3-5-7;;/h2-5H,8H2,1H3;;. The van der Waals surface area contributed by atoms with Gasteiger partial charge in [-0.3, -0.25) is 0 Å². The van der Waals surface area contributed by atoms with Crippen molar-refractivity contribution < 1.29 is 4.74 Å². The molecule has 3 heteroatoms. The van der Waals surface area contributed by atoms with Crippen LogP contribution in [-0.4, -0.2) is 58.5 Å². The zero-order valence-corrected chi connectivity index (χ0v) is 5.29. The summed E-state index contributed by atoms with van der Waals surface area (Å²) in [7, 11) is 1.63. The zero-order chi connectivity index (χ0) is 6.69. The molecule has 0 aromatic heterocycles. The molecule has 10 heavy (non-hydrogen) atoms. The Hall–Kier alpha value is 0.456. The Labute approximate surface area is 103 Å². The average molecular weight is 163 g/mol. The van der Waals surface area contributed by atoms with E-state index in [-0.39, 0.29) is 51.4 Å². The summed E-state index contributed by atoms with van der Waals surface area (Å²) < 4.78 is 4.91. The molecule has 2 nitrogen and oxygen atoms in total. The van der Waals surface area contributed by atoms with Gasteiger partial charge in [-0.2, -0.15) is 0 Å². The third kappa shape index (κ3) is 3.03. The molecule has 0 fully saturated rings. The van der Waals surface area contributed by atoms with Gasteiger partial charge in [0, 0.05) is 5.69 Å². The van der Waals surface area contributed by atoms with E-state index < -0.39 is 0 Å². The van der Waals surface area contributed by atoms with Gasteiger partial charge in [-0.15, -0.1) is 0 Å². The molecule has 0 atom stereocenters. The van der Waals surface area contributed by atoms with Crippen LogP contribution in [0, 0.1) is 0 Å². The summed E-state index contributed by atoms with van der Waals surface area (Å²) in [6.45, 7) is 0. The van der Waals surface area contributed by atoms with Crippen molar-refractivity contribution in [3.63, 3.8) is 0 Å². The van der Waals surface area contributed by atoms with Crippen LogP contribution in [-0.2, 0) is 0 Å². The predicted molar refractivity (Wildman–Crippen MR) is 44.6 cm³/mol. The van der Waals surface area contributed by atoms with Crippen LogP contribution in [0.5, 0.6) is 5.75 Å². The zero-order valence-electron chi connectivity index (χ0n) is 5.29. The van der Waals surface area contributed by atoms with E-state index in [0.717, 1.165) is 11.4 Å². The second kappa shape index (κ2) is 5.15. The predicted octanol–water partition coefficient (Wildman–Crippen LogP) is 0.629. The van der Waals surface area contributed by atoms with Gasteiger partial charge in [0.05, 0.1) is 7.11 Å². The number of anilines is 1. The Balaban J connectivity index is 0.000000810. The number of rotatable bonds is 1. The Kier molecular flexibility index (Phi) is 5.39. The van der Waals surface area contributed by atoms with E-state index in [0.29, 0.717) is 0 Å². The summed E-state index contributed by atoms with van der Waals surface area (Å²) >= 11 is 0. The number of hydrogen-bond acceptors (Lipinski definition) is 2. The molecule has 0 saturated heterocycles. The first-order chi connectivity index (χ1) is 4.33. The summed E-state index contributed by atoms with van der Waals surface area (Å²) in [4.78, 5) is 0. The van der Waals surface area contributed by atoms with Gasteiger partial charge in [-0.05, 0) is 24.3 Å². The topological polar surface area (TPSA) is 35.2 Å². The fourth-order valence-corrected chi connectivity index (χ4v) is 0.604. The van der Waals surface area contributed by atoms with Crippen LogP contribution < -0.4 is 10.5 Å². The molecule has 2 N–H and O–H groups in total. The number of nitrogens with two attached hydrogens (primary N) is 1. The van der Waals surface area contributed by atoms with Gasteiger partial charge in [0.25, 0.3) is 0 Å². The molecule has 0 radical (unpaired) electrons. The quantitative estimate of drug-likeness (QED) is 0.487. The molecule has 0 bridgehead atoms. The summed E-state index contributed by atoms with van der Waals surface area (Å²) in [5.74, 6) is 0.837. The van der Waals surface area contributed by atoms with Gasteiger partial charge < -0.3 is 10.5 Å². The van der Waals surface area contributed by atoms with Crippen molar-refractivity contribution >= 4 is 57.1 Å². The van der Waals surface area contributed by atoms with Crippen molar-refractivity contribution in [3.05, 3.63) is 24.3 Å². The van der Waals surface area contributed by atoms with E-state index >= 15 is 0 Å². The van der Waals surface area contributed by atoms with Crippen LogP contribution in [0.3, 0.4) is 0 Å². The average Bonchev–Trinajstić information content (AvgIpc) is 1.90. The van der Waals surface area contributed by atoms with Gasteiger partial charge in [0.2, 0.25) is 0 Å². The maximum absolute atomic E-state index is 5.43. The van der Waals surface area contributed by atoms with E-state index in [1.807, 2.05) is 12.1 Å². The van der Waals surface area contributed by atoms with Crippen LogP contribution in [0.2, 0.25) is 0 Å². The Morgan fingerprint density at radius 3 is 2.10 bits per heavy atom. The molecular formula is C7H10KNO. The molecule has 0 aliphatic rings. The minimum absolute atomic E-state index is 0. The normalized spacial score (nSPS) is 8.10. The molecule has 1 aromatic rings. The van der Waals surface area contributed by atoms with E-state index in [9.17, 15) is 0 Å². The molecule has 0 aliphatic heterocycles. The summed E-state index contributed by atoms with van der Waals surface area (Å²) in [6.07, 6.45) is 0. The molecule has 1 aromatic carbocycles.